The Morgan fingerprint density at radius 3 is 2.38 bits per heavy atom. The van der Waals surface area contributed by atoms with Crippen molar-refractivity contribution < 1.29 is 0 Å². The van der Waals surface area contributed by atoms with Gasteiger partial charge in [-0.05, 0) is 40.1 Å². The SMILES string of the molecule is [c]1cccc(-c2ccc3ccccc3c2)c1. The smallest absolute Gasteiger partial charge is 0.0177 e. The molecule has 0 amide bonds. The molecule has 0 fully saturated rings. The van der Waals surface area contributed by atoms with Gasteiger partial charge < -0.3 is 0 Å². The molecule has 0 heteroatoms. The standard InChI is InChI=1S/C16H11/c1-2-6-13(7-3-1)16-11-10-14-8-4-5-9-15(14)12-16/h1-2,4-12H. The summed E-state index contributed by atoms with van der Waals surface area (Å²) in [5.74, 6) is 0. The summed E-state index contributed by atoms with van der Waals surface area (Å²) >= 11 is 0. The fourth-order valence-corrected chi connectivity index (χ4v) is 1.94. The summed E-state index contributed by atoms with van der Waals surface area (Å²) in [6.45, 7) is 0. The Bertz CT molecular complexity index is 609. The Kier molecular flexibility index (Phi) is 2.19. The normalized spacial score (nSPS) is 10.5. The maximum Gasteiger partial charge on any atom is -0.0177 e. The average molecular weight is 203 g/mol. The second-order valence-corrected chi connectivity index (χ2v) is 3.85. The maximum atomic E-state index is 3.11. The Morgan fingerprint density at radius 1 is 0.688 bits per heavy atom. The summed E-state index contributed by atoms with van der Waals surface area (Å²) in [6, 6.07) is 26.1. The molecule has 0 nitrogen and oxygen atoms in total. The van der Waals surface area contributed by atoms with Crippen LogP contribution in [-0.2, 0) is 0 Å². The minimum Gasteiger partial charge on any atom is -0.0616 e. The van der Waals surface area contributed by atoms with E-state index in [2.05, 4.69) is 54.6 Å². The third-order valence-electron chi connectivity index (χ3n) is 2.79. The molecule has 0 aliphatic carbocycles. The number of fused-ring (bicyclic) bond motifs is 1. The van der Waals surface area contributed by atoms with Gasteiger partial charge in [-0.2, -0.15) is 0 Å². The van der Waals surface area contributed by atoms with Crippen LogP contribution in [0.3, 0.4) is 0 Å². The lowest BCUT2D eigenvalue weighted by Crippen LogP contribution is -1.78. The van der Waals surface area contributed by atoms with Crippen LogP contribution in [0.25, 0.3) is 21.9 Å². The van der Waals surface area contributed by atoms with E-state index in [1.54, 1.807) is 0 Å². The summed E-state index contributed by atoms with van der Waals surface area (Å²) in [6.07, 6.45) is 0. The van der Waals surface area contributed by atoms with E-state index in [0.29, 0.717) is 0 Å². The topological polar surface area (TPSA) is 0 Å². The van der Waals surface area contributed by atoms with Crippen LogP contribution in [-0.4, -0.2) is 0 Å². The van der Waals surface area contributed by atoms with Gasteiger partial charge in [0.15, 0.2) is 0 Å². The Hall–Kier alpha value is -2.08. The molecule has 0 N–H and O–H groups in total. The van der Waals surface area contributed by atoms with Crippen molar-refractivity contribution in [2.24, 2.45) is 0 Å². The molecule has 3 rings (SSSR count). The van der Waals surface area contributed by atoms with Gasteiger partial charge in [-0.15, -0.1) is 0 Å². The lowest BCUT2D eigenvalue weighted by atomic mass is 10.0. The molecule has 75 valence electrons. The molecule has 0 saturated carbocycles. The van der Waals surface area contributed by atoms with Crippen LogP contribution in [0.4, 0.5) is 0 Å². The quantitative estimate of drug-likeness (QED) is 0.553. The zero-order valence-electron chi connectivity index (χ0n) is 8.85. The van der Waals surface area contributed by atoms with E-state index in [9.17, 15) is 0 Å². The summed E-state index contributed by atoms with van der Waals surface area (Å²) in [5, 5.41) is 2.56. The van der Waals surface area contributed by atoms with Crippen molar-refractivity contribution in [3.63, 3.8) is 0 Å². The highest BCUT2D eigenvalue weighted by molar-refractivity contribution is 5.87. The molecule has 16 heavy (non-hydrogen) atoms. The van der Waals surface area contributed by atoms with Gasteiger partial charge in [0.25, 0.3) is 0 Å². The highest BCUT2D eigenvalue weighted by Gasteiger charge is 1.97. The van der Waals surface area contributed by atoms with E-state index < -0.39 is 0 Å². The van der Waals surface area contributed by atoms with Crippen LogP contribution in [0.5, 0.6) is 0 Å². The predicted molar refractivity (Wildman–Crippen MR) is 68.2 cm³/mol. The first-order chi connectivity index (χ1) is 7.93. The molecule has 0 aliphatic heterocycles. The Labute approximate surface area is 95.2 Å². The number of hydrogen-bond acceptors (Lipinski definition) is 0. The van der Waals surface area contributed by atoms with Gasteiger partial charge >= 0.3 is 0 Å². The van der Waals surface area contributed by atoms with E-state index >= 15 is 0 Å². The van der Waals surface area contributed by atoms with Crippen LogP contribution in [0, 0.1) is 6.07 Å². The minimum absolute atomic E-state index is 1.22. The zero-order valence-corrected chi connectivity index (χ0v) is 8.85. The highest BCUT2D eigenvalue weighted by Crippen LogP contribution is 2.23. The molecule has 0 unspecified atom stereocenters. The maximum absolute atomic E-state index is 3.11. The third-order valence-corrected chi connectivity index (χ3v) is 2.79. The van der Waals surface area contributed by atoms with Crippen molar-refractivity contribution in [1.29, 1.82) is 0 Å². The number of hydrogen-bond donors (Lipinski definition) is 0. The monoisotopic (exact) mass is 203 g/mol. The summed E-state index contributed by atoms with van der Waals surface area (Å²) in [7, 11) is 0. The Balaban J connectivity index is 2.19. The van der Waals surface area contributed by atoms with E-state index in [4.69, 9.17) is 0 Å². The van der Waals surface area contributed by atoms with E-state index in [0.717, 1.165) is 0 Å². The molecule has 0 saturated heterocycles. The van der Waals surface area contributed by atoms with Gasteiger partial charge in [-0.1, -0.05) is 54.6 Å². The lowest BCUT2D eigenvalue weighted by molar-refractivity contribution is 1.63. The highest BCUT2D eigenvalue weighted by atomic mass is 14.0. The molecule has 3 aromatic rings. The molecule has 1 radical (unpaired) electrons. The van der Waals surface area contributed by atoms with Gasteiger partial charge in [-0.3, -0.25) is 0 Å². The first-order valence-electron chi connectivity index (χ1n) is 5.39. The van der Waals surface area contributed by atoms with Crippen molar-refractivity contribution in [2.75, 3.05) is 0 Å². The van der Waals surface area contributed by atoms with Gasteiger partial charge in [0, 0.05) is 0 Å². The Morgan fingerprint density at radius 2 is 1.56 bits per heavy atom. The second-order valence-electron chi connectivity index (χ2n) is 3.85. The number of rotatable bonds is 1. The average Bonchev–Trinajstić information content (AvgIpc) is 2.39. The van der Waals surface area contributed by atoms with Gasteiger partial charge in [0.05, 0.1) is 0 Å². The lowest BCUT2D eigenvalue weighted by Gasteiger charge is -2.03. The minimum atomic E-state index is 1.22. The van der Waals surface area contributed by atoms with Crippen molar-refractivity contribution in [2.45, 2.75) is 0 Å². The fourth-order valence-electron chi connectivity index (χ4n) is 1.94. The molecular formula is C16H11. The summed E-state index contributed by atoms with van der Waals surface area (Å²) < 4.78 is 0. The van der Waals surface area contributed by atoms with Crippen molar-refractivity contribution >= 4 is 10.8 Å². The van der Waals surface area contributed by atoms with E-state index in [1.165, 1.54) is 21.9 Å². The third kappa shape index (κ3) is 1.59. The molecule has 3 aromatic carbocycles. The molecule has 0 aliphatic rings. The molecular weight excluding hydrogens is 192 g/mol. The van der Waals surface area contributed by atoms with Crippen molar-refractivity contribution in [3.05, 3.63) is 72.8 Å². The molecule has 0 bridgehead atoms. The van der Waals surface area contributed by atoms with E-state index in [-0.39, 0.29) is 0 Å². The van der Waals surface area contributed by atoms with Crippen LogP contribution >= 0.6 is 0 Å². The zero-order chi connectivity index (χ0) is 10.8. The molecule has 0 heterocycles. The predicted octanol–water partition coefficient (Wildman–Crippen LogP) is 4.31. The van der Waals surface area contributed by atoms with Crippen molar-refractivity contribution in [3.8, 4) is 11.1 Å². The first kappa shape index (κ1) is 9.17. The molecule has 0 aromatic heterocycles. The van der Waals surface area contributed by atoms with Crippen molar-refractivity contribution in [1.82, 2.24) is 0 Å². The second kappa shape index (κ2) is 3.82. The summed E-state index contributed by atoms with van der Waals surface area (Å²) in [4.78, 5) is 0. The van der Waals surface area contributed by atoms with Crippen LogP contribution in [0.15, 0.2) is 66.7 Å². The molecule has 0 atom stereocenters. The van der Waals surface area contributed by atoms with Crippen LogP contribution < -0.4 is 0 Å². The number of benzene rings is 3. The van der Waals surface area contributed by atoms with Crippen LogP contribution in [0.2, 0.25) is 0 Å². The van der Waals surface area contributed by atoms with Gasteiger partial charge in [0.1, 0.15) is 0 Å². The summed E-state index contributed by atoms with van der Waals surface area (Å²) in [5.41, 5.74) is 2.46. The molecule has 0 spiro atoms. The van der Waals surface area contributed by atoms with Gasteiger partial charge in [0.2, 0.25) is 0 Å². The van der Waals surface area contributed by atoms with Gasteiger partial charge in [-0.25, -0.2) is 0 Å². The largest absolute Gasteiger partial charge is 0.0616 e. The van der Waals surface area contributed by atoms with E-state index in [1.807, 2.05) is 18.2 Å². The fraction of sp³-hybridized carbons (Fsp3) is 0. The first-order valence-corrected chi connectivity index (χ1v) is 5.39. The van der Waals surface area contributed by atoms with Crippen LogP contribution in [0.1, 0.15) is 0 Å².